The normalized spacial score (nSPS) is 12.4. The van der Waals surface area contributed by atoms with E-state index < -0.39 is 29.6 Å². The maximum Gasteiger partial charge on any atom is 0.416 e. The van der Waals surface area contributed by atoms with E-state index in [-0.39, 0.29) is 18.4 Å². The summed E-state index contributed by atoms with van der Waals surface area (Å²) >= 11 is 0. The summed E-state index contributed by atoms with van der Waals surface area (Å²) < 4.78 is 38.1. The Kier molecular flexibility index (Phi) is 5.80. The molecule has 0 radical (unpaired) electrons. The summed E-state index contributed by atoms with van der Waals surface area (Å²) in [6.07, 6.45) is -4.54. The number of benzene rings is 2. The second-order valence-corrected chi connectivity index (χ2v) is 5.59. The van der Waals surface area contributed by atoms with Crippen LogP contribution >= 0.6 is 0 Å². The van der Waals surface area contributed by atoms with Crippen molar-refractivity contribution >= 4 is 11.8 Å². The molecule has 4 nitrogen and oxygen atoms in total. The van der Waals surface area contributed by atoms with Crippen LogP contribution in [-0.4, -0.2) is 17.9 Å². The Balaban J connectivity index is 2.03. The first kappa shape index (κ1) is 18.5. The molecular formula is C18H17F3N2O2. The van der Waals surface area contributed by atoms with Crippen molar-refractivity contribution in [2.75, 3.05) is 0 Å². The van der Waals surface area contributed by atoms with Crippen molar-refractivity contribution in [1.82, 2.24) is 5.32 Å². The second kappa shape index (κ2) is 7.83. The van der Waals surface area contributed by atoms with Gasteiger partial charge in [0, 0.05) is 6.42 Å². The highest BCUT2D eigenvalue weighted by atomic mass is 19.4. The summed E-state index contributed by atoms with van der Waals surface area (Å²) in [5.41, 5.74) is 5.49. The van der Waals surface area contributed by atoms with Gasteiger partial charge in [0.15, 0.2) is 0 Å². The molecule has 0 fully saturated rings. The van der Waals surface area contributed by atoms with E-state index in [1.165, 1.54) is 12.1 Å². The van der Waals surface area contributed by atoms with Gasteiger partial charge in [0.1, 0.15) is 6.04 Å². The van der Waals surface area contributed by atoms with E-state index in [2.05, 4.69) is 5.32 Å². The number of alkyl halides is 3. The fourth-order valence-electron chi connectivity index (χ4n) is 2.36. The summed E-state index contributed by atoms with van der Waals surface area (Å²) in [5, 5.41) is 2.48. The first-order valence-electron chi connectivity index (χ1n) is 7.54. The summed E-state index contributed by atoms with van der Waals surface area (Å²) in [5.74, 6) is -1.28. The number of carbonyl (C=O) groups is 2. The smallest absolute Gasteiger partial charge is 0.368 e. The van der Waals surface area contributed by atoms with Crippen LogP contribution in [-0.2, 0) is 28.6 Å². The van der Waals surface area contributed by atoms with E-state index in [0.29, 0.717) is 0 Å². The Morgan fingerprint density at radius 3 is 2.24 bits per heavy atom. The lowest BCUT2D eigenvalue weighted by Gasteiger charge is -2.16. The molecule has 25 heavy (non-hydrogen) atoms. The number of primary amides is 1. The van der Waals surface area contributed by atoms with Crippen LogP contribution in [0.25, 0.3) is 0 Å². The van der Waals surface area contributed by atoms with Gasteiger partial charge in [-0.3, -0.25) is 9.59 Å². The minimum Gasteiger partial charge on any atom is -0.368 e. The Morgan fingerprint density at radius 1 is 1.00 bits per heavy atom. The van der Waals surface area contributed by atoms with Gasteiger partial charge in [-0.25, -0.2) is 0 Å². The number of nitrogens with two attached hydrogens (primary N) is 1. The number of hydrogen-bond donors (Lipinski definition) is 2. The fraction of sp³-hybridized carbons (Fsp3) is 0.222. The molecule has 2 aromatic carbocycles. The minimum atomic E-state index is -4.48. The highest BCUT2D eigenvalue weighted by molar-refractivity contribution is 5.87. The topological polar surface area (TPSA) is 72.2 Å². The third-order valence-electron chi connectivity index (χ3n) is 3.58. The third kappa shape index (κ3) is 5.63. The molecule has 0 bridgehead atoms. The lowest BCUT2D eigenvalue weighted by Crippen LogP contribution is -2.46. The average molecular weight is 350 g/mol. The van der Waals surface area contributed by atoms with Crippen LogP contribution in [0.2, 0.25) is 0 Å². The molecule has 0 spiro atoms. The van der Waals surface area contributed by atoms with Gasteiger partial charge in [0.2, 0.25) is 11.8 Å². The molecule has 0 saturated heterocycles. The molecule has 0 heterocycles. The average Bonchev–Trinajstić information content (AvgIpc) is 2.54. The van der Waals surface area contributed by atoms with Crippen molar-refractivity contribution in [3.8, 4) is 0 Å². The van der Waals surface area contributed by atoms with Gasteiger partial charge < -0.3 is 11.1 Å². The number of rotatable bonds is 6. The lowest BCUT2D eigenvalue weighted by molar-refractivity contribution is -0.137. The molecule has 1 atom stereocenters. The van der Waals surface area contributed by atoms with Gasteiger partial charge in [-0.2, -0.15) is 13.2 Å². The molecule has 2 amide bonds. The molecular weight excluding hydrogens is 333 g/mol. The van der Waals surface area contributed by atoms with Gasteiger partial charge in [-0.15, -0.1) is 0 Å². The predicted molar refractivity (Wildman–Crippen MR) is 86.4 cm³/mol. The molecule has 2 aromatic rings. The second-order valence-electron chi connectivity index (χ2n) is 5.59. The first-order chi connectivity index (χ1) is 11.8. The van der Waals surface area contributed by atoms with Crippen molar-refractivity contribution in [3.05, 3.63) is 71.3 Å². The summed E-state index contributed by atoms with van der Waals surface area (Å²) in [4.78, 5) is 23.6. The van der Waals surface area contributed by atoms with Gasteiger partial charge in [-0.1, -0.05) is 48.5 Å². The van der Waals surface area contributed by atoms with Crippen LogP contribution < -0.4 is 11.1 Å². The van der Waals surface area contributed by atoms with Gasteiger partial charge in [-0.05, 0) is 17.2 Å². The Morgan fingerprint density at radius 2 is 1.64 bits per heavy atom. The maximum absolute atomic E-state index is 12.7. The summed E-state index contributed by atoms with van der Waals surface area (Å²) in [6.45, 7) is 0. The van der Waals surface area contributed by atoms with E-state index in [1.807, 2.05) is 6.07 Å². The van der Waals surface area contributed by atoms with Crippen LogP contribution in [0.4, 0.5) is 13.2 Å². The van der Waals surface area contributed by atoms with Crippen molar-refractivity contribution in [1.29, 1.82) is 0 Å². The quantitative estimate of drug-likeness (QED) is 0.840. The first-order valence-corrected chi connectivity index (χ1v) is 7.54. The SMILES string of the molecule is NC(=O)[C@@H](Cc1ccccc1)NC(=O)Cc1cccc(C(F)(F)F)c1. The summed E-state index contributed by atoms with van der Waals surface area (Å²) in [7, 11) is 0. The highest BCUT2D eigenvalue weighted by Crippen LogP contribution is 2.29. The van der Waals surface area contributed by atoms with E-state index in [4.69, 9.17) is 5.73 Å². The lowest BCUT2D eigenvalue weighted by atomic mass is 10.0. The zero-order chi connectivity index (χ0) is 18.4. The third-order valence-corrected chi connectivity index (χ3v) is 3.58. The van der Waals surface area contributed by atoms with E-state index >= 15 is 0 Å². The molecule has 2 rings (SSSR count). The van der Waals surface area contributed by atoms with E-state index in [1.54, 1.807) is 24.3 Å². The standard InChI is InChI=1S/C18H17F3N2O2/c19-18(20,21)14-8-4-7-13(9-14)11-16(24)23-15(17(22)25)10-12-5-2-1-3-6-12/h1-9,15H,10-11H2,(H2,22,25)(H,23,24)/t15-/m1/s1. The molecule has 0 aliphatic carbocycles. The van der Waals surface area contributed by atoms with Gasteiger partial charge in [0.25, 0.3) is 0 Å². The molecule has 0 aliphatic rings. The number of halogens is 3. The number of hydrogen-bond acceptors (Lipinski definition) is 2. The number of nitrogens with one attached hydrogen (secondary N) is 1. The van der Waals surface area contributed by atoms with Gasteiger partial charge >= 0.3 is 6.18 Å². The molecule has 3 N–H and O–H groups in total. The zero-order valence-electron chi connectivity index (χ0n) is 13.2. The Bertz CT molecular complexity index is 745. The van der Waals surface area contributed by atoms with Gasteiger partial charge in [0.05, 0.1) is 12.0 Å². The van der Waals surface area contributed by atoms with Crippen molar-refractivity contribution in [2.24, 2.45) is 5.73 Å². The largest absolute Gasteiger partial charge is 0.416 e. The monoisotopic (exact) mass is 350 g/mol. The highest BCUT2D eigenvalue weighted by Gasteiger charge is 2.30. The maximum atomic E-state index is 12.7. The van der Waals surface area contributed by atoms with Crippen molar-refractivity contribution < 1.29 is 22.8 Å². The van der Waals surface area contributed by atoms with Crippen LogP contribution in [0, 0.1) is 0 Å². The van der Waals surface area contributed by atoms with Crippen LogP contribution in [0.1, 0.15) is 16.7 Å². The van der Waals surface area contributed by atoms with Crippen LogP contribution in [0.3, 0.4) is 0 Å². The molecule has 0 saturated carbocycles. The van der Waals surface area contributed by atoms with Crippen molar-refractivity contribution in [2.45, 2.75) is 25.1 Å². The number of carbonyl (C=O) groups excluding carboxylic acids is 2. The van der Waals surface area contributed by atoms with Crippen LogP contribution in [0.15, 0.2) is 54.6 Å². The van der Waals surface area contributed by atoms with Crippen molar-refractivity contribution in [3.63, 3.8) is 0 Å². The Labute approximate surface area is 142 Å². The molecule has 7 heteroatoms. The minimum absolute atomic E-state index is 0.204. The molecule has 0 unspecified atom stereocenters. The fourth-order valence-corrected chi connectivity index (χ4v) is 2.36. The predicted octanol–water partition coefficient (Wildman–Crippen LogP) is 2.46. The molecule has 0 aromatic heterocycles. The van der Waals surface area contributed by atoms with E-state index in [0.717, 1.165) is 17.7 Å². The zero-order valence-corrected chi connectivity index (χ0v) is 13.2. The summed E-state index contributed by atoms with van der Waals surface area (Å²) in [6, 6.07) is 12.5. The molecule has 0 aliphatic heterocycles. The van der Waals surface area contributed by atoms with Crippen LogP contribution in [0.5, 0.6) is 0 Å². The molecule has 132 valence electrons. The number of amides is 2. The van der Waals surface area contributed by atoms with E-state index in [9.17, 15) is 22.8 Å². The Hall–Kier alpha value is -2.83.